The number of thiazole rings is 1. The Morgan fingerprint density at radius 2 is 1.86 bits per heavy atom. The van der Waals surface area contributed by atoms with Gasteiger partial charge in [0.25, 0.3) is 0 Å². The van der Waals surface area contributed by atoms with Crippen molar-refractivity contribution in [2.24, 2.45) is 0 Å². The third kappa shape index (κ3) is 4.05. The van der Waals surface area contributed by atoms with Crippen molar-refractivity contribution in [3.63, 3.8) is 0 Å². The fourth-order valence-electron chi connectivity index (χ4n) is 2.39. The average molecular weight is 304 g/mol. The van der Waals surface area contributed by atoms with Crippen LogP contribution >= 0.6 is 11.3 Å². The van der Waals surface area contributed by atoms with Crippen LogP contribution in [0.5, 0.6) is 5.75 Å². The molecule has 0 aliphatic rings. The van der Waals surface area contributed by atoms with Gasteiger partial charge in [0.15, 0.2) is 0 Å². The molecule has 2 rings (SSSR count). The van der Waals surface area contributed by atoms with Crippen molar-refractivity contribution in [2.75, 3.05) is 6.54 Å². The quantitative estimate of drug-likeness (QED) is 0.866. The minimum atomic E-state index is 0.201. The van der Waals surface area contributed by atoms with E-state index in [9.17, 15) is 0 Å². The molecular weight excluding hydrogens is 280 g/mol. The van der Waals surface area contributed by atoms with Gasteiger partial charge in [-0.25, -0.2) is 4.98 Å². The lowest BCUT2D eigenvalue weighted by atomic mass is 10.0. The van der Waals surface area contributed by atoms with Crippen molar-refractivity contribution in [2.45, 2.75) is 46.8 Å². The molecule has 21 heavy (non-hydrogen) atoms. The van der Waals surface area contributed by atoms with Crippen LogP contribution in [0.25, 0.3) is 0 Å². The Kier molecular flexibility index (Phi) is 5.37. The summed E-state index contributed by atoms with van der Waals surface area (Å²) in [6.07, 6.45) is 0.201. The number of hydrogen-bond donors (Lipinski definition) is 1. The van der Waals surface area contributed by atoms with E-state index in [0.29, 0.717) is 0 Å². The topological polar surface area (TPSA) is 34.1 Å². The second-order valence-electron chi connectivity index (χ2n) is 5.41. The molecule has 0 bridgehead atoms. The van der Waals surface area contributed by atoms with E-state index in [1.165, 1.54) is 10.4 Å². The standard InChI is InChI=1S/C17H24N2OS/c1-6-18-16(17-12(4)19-13(5)21-17)14-7-9-15(10-8-14)20-11(2)3/h7-11,16,18H,6H2,1-5H3. The Morgan fingerprint density at radius 3 is 2.33 bits per heavy atom. The van der Waals surface area contributed by atoms with Gasteiger partial charge in [-0.2, -0.15) is 0 Å². The molecule has 1 aromatic heterocycles. The summed E-state index contributed by atoms with van der Waals surface area (Å²) in [6.45, 7) is 11.3. The molecule has 0 fully saturated rings. The van der Waals surface area contributed by atoms with Crippen molar-refractivity contribution in [3.8, 4) is 5.75 Å². The lowest BCUT2D eigenvalue weighted by Crippen LogP contribution is -2.21. The van der Waals surface area contributed by atoms with Crippen molar-refractivity contribution in [1.82, 2.24) is 10.3 Å². The Hall–Kier alpha value is -1.39. The number of rotatable bonds is 6. The first-order valence-electron chi connectivity index (χ1n) is 7.45. The third-order valence-corrected chi connectivity index (χ3v) is 4.33. The monoisotopic (exact) mass is 304 g/mol. The molecule has 1 heterocycles. The van der Waals surface area contributed by atoms with Gasteiger partial charge in [0.05, 0.1) is 22.8 Å². The first-order valence-corrected chi connectivity index (χ1v) is 8.26. The largest absolute Gasteiger partial charge is 0.491 e. The van der Waals surface area contributed by atoms with Crippen LogP contribution in [0.15, 0.2) is 24.3 Å². The first kappa shape index (κ1) is 16.0. The van der Waals surface area contributed by atoms with Gasteiger partial charge < -0.3 is 10.1 Å². The lowest BCUT2D eigenvalue weighted by Gasteiger charge is -2.18. The molecule has 0 aliphatic carbocycles. The minimum absolute atomic E-state index is 0.201. The molecule has 1 unspecified atom stereocenters. The van der Waals surface area contributed by atoms with E-state index in [-0.39, 0.29) is 12.1 Å². The zero-order valence-electron chi connectivity index (χ0n) is 13.4. The molecular formula is C17H24N2OS. The maximum Gasteiger partial charge on any atom is 0.119 e. The Bertz CT molecular complexity index is 575. The molecule has 0 aliphatic heterocycles. The molecule has 0 radical (unpaired) electrons. The summed E-state index contributed by atoms with van der Waals surface area (Å²) in [5.74, 6) is 0.918. The number of ether oxygens (including phenoxy) is 1. The second-order valence-corrected chi connectivity index (χ2v) is 6.64. The molecule has 114 valence electrons. The molecule has 0 saturated heterocycles. The summed E-state index contributed by atoms with van der Waals surface area (Å²) in [5, 5.41) is 4.68. The SMILES string of the molecule is CCNC(c1ccc(OC(C)C)cc1)c1sc(C)nc1C. The molecule has 4 heteroatoms. The molecule has 3 nitrogen and oxygen atoms in total. The van der Waals surface area contributed by atoms with Crippen LogP contribution in [-0.4, -0.2) is 17.6 Å². The van der Waals surface area contributed by atoms with Gasteiger partial charge >= 0.3 is 0 Å². The Balaban J connectivity index is 2.28. The van der Waals surface area contributed by atoms with Gasteiger partial charge in [0.2, 0.25) is 0 Å². The highest BCUT2D eigenvalue weighted by Gasteiger charge is 2.18. The highest BCUT2D eigenvalue weighted by atomic mass is 32.1. The van der Waals surface area contributed by atoms with Crippen LogP contribution in [-0.2, 0) is 0 Å². The maximum absolute atomic E-state index is 5.71. The molecule has 1 aromatic carbocycles. The predicted octanol–water partition coefficient (Wildman–Crippen LogP) is 4.25. The van der Waals surface area contributed by atoms with E-state index >= 15 is 0 Å². The van der Waals surface area contributed by atoms with Crippen LogP contribution in [0, 0.1) is 13.8 Å². The molecule has 1 N–H and O–H groups in total. The summed E-state index contributed by atoms with van der Waals surface area (Å²) in [4.78, 5) is 5.85. The van der Waals surface area contributed by atoms with Crippen molar-refractivity contribution < 1.29 is 4.74 Å². The Morgan fingerprint density at radius 1 is 1.19 bits per heavy atom. The lowest BCUT2D eigenvalue weighted by molar-refractivity contribution is 0.242. The average Bonchev–Trinajstić information content (AvgIpc) is 2.75. The Labute approximate surface area is 131 Å². The minimum Gasteiger partial charge on any atom is -0.491 e. The zero-order chi connectivity index (χ0) is 15.4. The molecule has 0 saturated carbocycles. The van der Waals surface area contributed by atoms with Gasteiger partial charge in [0, 0.05) is 4.88 Å². The van der Waals surface area contributed by atoms with E-state index in [1.807, 2.05) is 26.0 Å². The number of aromatic nitrogens is 1. The zero-order valence-corrected chi connectivity index (χ0v) is 14.3. The molecule has 1 atom stereocenters. The smallest absolute Gasteiger partial charge is 0.119 e. The third-order valence-electron chi connectivity index (χ3n) is 3.20. The van der Waals surface area contributed by atoms with Crippen molar-refractivity contribution >= 4 is 11.3 Å². The van der Waals surface area contributed by atoms with Crippen LogP contribution in [0.3, 0.4) is 0 Å². The van der Waals surface area contributed by atoms with E-state index < -0.39 is 0 Å². The molecule has 0 amide bonds. The molecule has 2 aromatic rings. The maximum atomic E-state index is 5.71. The summed E-state index contributed by atoms with van der Waals surface area (Å²) in [5.41, 5.74) is 2.37. The number of aryl methyl sites for hydroxylation is 2. The second kappa shape index (κ2) is 7.05. The number of benzene rings is 1. The van der Waals surface area contributed by atoms with E-state index in [0.717, 1.165) is 23.0 Å². The molecule has 0 spiro atoms. The van der Waals surface area contributed by atoms with Crippen molar-refractivity contribution in [1.29, 1.82) is 0 Å². The van der Waals surface area contributed by atoms with E-state index in [1.54, 1.807) is 11.3 Å². The summed E-state index contributed by atoms with van der Waals surface area (Å²) in [7, 11) is 0. The highest BCUT2D eigenvalue weighted by molar-refractivity contribution is 7.11. The van der Waals surface area contributed by atoms with Crippen LogP contribution in [0.1, 0.15) is 48.0 Å². The van der Waals surface area contributed by atoms with Crippen LogP contribution < -0.4 is 10.1 Å². The summed E-state index contributed by atoms with van der Waals surface area (Å²) >= 11 is 1.77. The van der Waals surface area contributed by atoms with Gasteiger partial charge in [-0.1, -0.05) is 19.1 Å². The van der Waals surface area contributed by atoms with Gasteiger partial charge in [0.1, 0.15) is 5.75 Å². The van der Waals surface area contributed by atoms with Crippen LogP contribution in [0.4, 0.5) is 0 Å². The normalized spacial score (nSPS) is 12.7. The van der Waals surface area contributed by atoms with Crippen LogP contribution in [0.2, 0.25) is 0 Å². The summed E-state index contributed by atoms with van der Waals surface area (Å²) in [6, 6.07) is 8.57. The van der Waals surface area contributed by atoms with E-state index in [4.69, 9.17) is 4.74 Å². The van der Waals surface area contributed by atoms with Gasteiger partial charge in [-0.15, -0.1) is 11.3 Å². The summed E-state index contributed by atoms with van der Waals surface area (Å²) < 4.78 is 5.71. The van der Waals surface area contributed by atoms with E-state index in [2.05, 4.69) is 43.2 Å². The van der Waals surface area contributed by atoms with Gasteiger partial charge in [-0.3, -0.25) is 0 Å². The first-order chi connectivity index (χ1) is 10.0. The fraction of sp³-hybridized carbons (Fsp3) is 0.471. The number of nitrogens with zero attached hydrogens (tertiary/aromatic N) is 1. The van der Waals surface area contributed by atoms with Gasteiger partial charge in [-0.05, 0) is 51.9 Å². The van der Waals surface area contributed by atoms with Crippen molar-refractivity contribution in [3.05, 3.63) is 45.4 Å². The number of nitrogens with one attached hydrogen (secondary N) is 1. The fourth-order valence-corrected chi connectivity index (χ4v) is 3.42. The highest BCUT2D eigenvalue weighted by Crippen LogP contribution is 2.30. The predicted molar refractivity (Wildman–Crippen MR) is 89.3 cm³/mol. The number of hydrogen-bond acceptors (Lipinski definition) is 4.